The minimum absolute atomic E-state index is 0.291. The summed E-state index contributed by atoms with van der Waals surface area (Å²) in [4.78, 5) is 14.8. The Bertz CT molecular complexity index is 1200. The lowest BCUT2D eigenvalue weighted by Crippen LogP contribution is -2.29. The van der Waals surface area contributed by atoms with E-state index in [0.717, 1.165) is 0 Å². The van der Waals surface area contributed by atoms with E-state index in [9.17, 15) is 13.6 Å². The Balaban J connectivity index is 1.75. The van der Waals surface area contributed by atoms with Gasteiger partial charge in [-0.2, -0.15) is 5.10 Å². The van der Waals surface area contributed by atoms with Crippen molar-refractivity contribution < 1.29 is 13.6 Å². The van der Waals surface area contributed by atoms with Crippen molar-refractivity contribution >= 4 is 11.6 Å². The number of hydrogen-bond acceptors (Lipinski definition) is 2. The van der Waals surface area contributed by atoms with E-state index in [0.29, 0.717) is 33.8 Å². The molecule has 4 aromatic rings. The third-order valence-electron chi connectivity index (χ3n) is 5.12. The molecule has 0 saturated heterocycles. The molecular formula is C23H15F2N3O. The number of carbonyl (C=O) groups excluding carboxylic acids is 1. The highest BCUT2D eigenvalue weighted by atomic mass is 19.1. The number of benzene rings is 3. The molecule has 0 bridgehead atoms. The first-order valence-corrected chi connectivity index (χ1v) is 9.12. The van der Waals surface area contributed by atoms with E-state index < -0.39 is 11.9 Å². The van der Waals surface area contributed by atoms with E-state index >= 15 is 0 Å². The summed E-state index contributed by atoms with van der Waals surface area (Å²) in [5.74, 6) is -1.07. The second-order valence-corrected chi connectivity index (χ2v) is 6.80. The van der Waals surface area contributed by atoms with Crippen LogP contribution in [0.15, 0.2) is 78.9 Å². The van der Waals surface area contributed by atoms with Crippen molar-refractivity contribution in [1.29, 1.82) is 0 Å². The number of H-pyrrole nitrogens is 1. The zero-order valence-electron chi connectivity index (χ0n) is 15.1. The van der Waals surface area contributed by atoms with Gasteiger partial charge in [0.15, 0.2) is 0 Å². The van der Waals surface area contributed by atoms with Crippen LogP contribution in [0.4, 0.5) is 14.5 Å². The molecule has 1 atom stereocenters. The highest BCUT2D eigenvalue weighted by Gasteiger charge is 2.43. The molecule has 1 N–H and O–H groups in total. The predicted octanol–water partition coefficient (Wildman–Crippen LogP) is 5.10. The predicted molar refractivity (Wildman–Crippen MR) is 105 cm³/mol. The highest BCUT2D eigenvalue weighted by molar-refractivity contribution is 6.11. The maximum atomic E-state index is 14.8. The lowest BCUT2D eigenvalue weighted by molar-refractivity contribution is 0.0988. The standard InChI is InChI=1S/C23H15F2N3O/c24-15-12-10-14(11-13-15)20-19-21(27-26-20)23(29)28(16-6-2-1-3-7-16)22(19)17-8-4-5-9-18(17)25/h1-13,22H,(H,26,27)/t22-/m0/s1. The quantitative estimate of drug-likeness (QED) is 0.531. The summed E-state index contributed by atoms with van der Waals surface area (Å²) in [7, 11) is 0. The van der Waals surface area contributed by atoms with Gasteiger partial charge in [-0.15, -0.1) is 0 Å². The van der Waals surface area contributed by atoms with Gasteiger partial charge < -0.3 is 0 Å². The van der Waals surface area contributed by atoms with Crippen LogP contribution in [0.1, 0.15) is 27.7 Å². The first-order chi connectivity index (χ1) is 14.1. The van der Waals surface area contributed by atoms with Gasteiger partial charge in [0.1, 0.15) is 17.3 Å². The van der Waals surface area contributed by atoms with Crippen LogP contribution in [0.5, 0.6) is 0 Å². The Morgan fingerprint density at radius 3 is 2.28 bits per heavy atom. The SMILES string of the molecule is O=C1c2[nH]nc(-c3ccc(F)cc3)c2[C@H](c2ccccc2F)N1c1ccccc1. The van der Waals surface area contributed by atoms with E-state index in [-0.39, 0.29) is 11.7 Å². The highest BCUT2D eigenvalue weighted by Crippen LogP contribution is 2.45. The summed E-state index contributed by atoms with van der Waals surface area (Å²) in [5, 5.41) is 7.11. The van der Waals surface area contributed by atoms with Crippen LogP contribution in [0, 0.1) is 11.6 Å². The van der Waals surface area contributed by atoms with Gasteiger partial charge in [0.05, 0.1) is 11.7 Å². The second-order valence-electron chi connectivity index (χ2n) is 6.80. The van der Waals surface area contributed by atoms with E-state index in [4.69, 9.17) is 0 Å². The molecule has 0 saturated carbocycles. The van der Waals surface area contributed by atoms with E-state index in [1.807, 2.05) is 30.3 Å². The van der Waals surface area contributed by atoms with Gasteiger partial charge in [-0.3, -0.25) is 14.8 Å². The van der Waals surface area contributed by atoms with E-state index in [2.05, 4.69) is 10.2 Å². The summed E-state index contributed by atoms with van der Waals surface area (Å²) in [6, 6.07) is 20.7. The number of nitrogens with zero attached hydrogens (tertiary/aromatic N) is 2. The lowest BCUT2D eigenvalue weighted by Gasteiger charge is -2.26. The molecule has 4 nitrogen and oxygen atoms in total. The van der Waals surface area contributed by atoms with Crippen molar-refractivity contribution in [1.82, 2.24) is 10.2 Å². The largest absolute Gasteiger partial charge is 0.295 e. The van der Waals surface area contributed by atoms with Crippen molar-refractivity contribution in [3.05, 3.63) is 107 Å². The van der Waals surface area contributed by atoms with Crippen LogP contribution in [-0.4, -0.2) is 16.1 Å². The second kappa shape index (κ2) is 6.67. The number of fused-ring (bicyclic) bond motifs is 1. The number of aromatic amines is 1. The number of anilines is 1. The average molecular weight is 387 g/mol. The molecule has 29 heavy (non-hydrogen) atoms. The fourth-order valence-electron chi connectivity index (χ4n) is 3.82. The molecule has 5 rings (SSSR count). The van der Waals surface area contributed by atoms with E-state index in [1.165, 1.54) is 18.2 Å². The molecule has 1 amide bonds. The van der Waals surface area contributed by atoms with Crippen LogP contribution in [-0.2, 0) is 0 Å². The number of hydrogen-bond donors (Lipinski definition) is 1. The lowest BCUT2D eigenvalue weighted by atomic mass is 9.95. The average Bonchev–Trinajstić information content (AvgIpc) is 3.29. The van der Waals surface area contributed by atoms with Gasteiger partial charge in [-0.1, -0.05) is 36.4 Å². The minimum Gasteiger partial charge on any atom is -0.295 e. The van der Waals surface area contributed by atoms with Crippen LogP contribution < -0.4 is 4.90 Å². The first-order valence-electron chi connectivity index (χ1n) is 9.12. The molecule has 1 aliphatic heterocycles. The Morgan fingerprint density at radius 1 is 0.862 bits per heavy atom. The molecular weight excluding hydrogens is 372 g/mol. The number of nitrogens with one attached hydrogen (secondary N) is 1. The maximum Gasteiger partial charge on any atom is 0.277 e. The topological polar surface area (TPSA) is 49.0 Å². The molecule has 6 heteroatoms. The molecule has 0 fully saturated rings. The summed E-state index contributed by atoms with van der Waals surface area (Å²) in [5.41, 5.74) is 3.05. The Hall–Kier alpha value is -3.80. The van der Waals surface area contributed by atoms with Gasteiger partial charge >= 0.3 is 0 Å². The van der Waals surface area contributed by atoms with Crippen LogP contribution in [0.25, 0.3) is 11.3 Å². The van der Waals surface area contributed by atoms with Crippen molar-refractivity contribution in [3.8, 4) is 11.3 Å². The van der Waals surface area contributed by atoms with Crippen LogP contribution >= 0.6 is 0 Å². The molecule has 142 valence electrons. The number of carbonyl (C=O) groups is 1. The van der Waals surface area contributed by atoms with Gasteiger partial charge in [-0.25, -0.2) is 8.78 Å². The number of aromatic nitrogens is 2. The summed E-state index contributed by atoms with van der Waals surface area (Å²) >= 11 is 0. The zero-order chi connectivity index (χ0) is 20.0. The molecule has 0 aliphatic carbocycles. The monoisotopic (exact) mass is 387 g/mol. The number of halogens is 2. The molecule has 0 radical (unpaired) electrons. The van der Waals surface area contributed by atoms with Gasteiger partial charge in [0.2, 0.25) is 0 Å². The molecule has 3 aromatic carbocycles. The normalized spacial score (nSPS) is 15.6. The van der Waals surface area contributed by atoms with Crippen molar-refractivity contribution in [2.75, 3.05) is 4.90 Å². The zero-order valence-corrected chi connectivity index (χ0v) is 15.1. The summed E-state index contributed by atoms with van der Waals surface area (Å²) in [6.45, 7) is 0. The van der Waals surface area contributed by atoms with Gasteiger partial charge in [0.25, 0.3) is 5.91 Å². The number of rotatable bonds is 3. The molecule has 0 spiro atoms. The minimum atomic E-state index is -0.695. The Morgan fingerprint density at radius 2 is 1.55 bits per heavy atom. The van der Waals surface area contributed by atoms with Crippen molar-refractivity contribution in [3.63, 3.8) is 0 Å². The first kappa shape index (κ1) is 17.3. The van der Waals surface area contributed by atoms with Crippen molar-refractivity contribution in [2.45, 2.75) is 6.04 Å². The van der Waals surface area contributed by atoms with Gasteiger partial charge in [-0.05, 0) is 42.5 Å². The Kier molecular flexibility index (Phi) is 3.98. The van der Waals surface area contributed by atoms with E-state index in [1.54, 1.807) is 35.2 Å². The maximum absolute atomic E-state index is 14.8. The third-order valence-corrected chi connectivity index (χ3v) is 5.12. The fraction of sp³-hybridized carbons (Fsp3) is 0.0435. The smallest absolute Gasteiger partial charge is 0.277 e. The molecule has 1 aromatic heterocycles. The summed E-state index contributed by atoms with van der Waals surface area (Å²) in [6.07, 6.45) is 0. The fourth-order valence-corrected chi connectivity index (χ4v) is 3.82. The number of para-hydroxylation sites is 1. The van der Waals surface area contributed by atoms with Gasteiger partial charge in [0, 0.05) is 22.4 Å². The Labute approximate surface area is 165 Å². The molecule has 0 unspecified atom stereocenters. The molecule has 2 heterocycles. The third kappa shape index (κ3) is 2.72. The van der Waals surface area contributed by atoms with Crippen molar-refractivity contribution in [2.24, 2.45) is 0 Å². The number of amides is 1. The van der Waals surface area contributed by atoms with Crippen LogP contribution in [0.2, 0.25) is 0 Å². The molecule has 1 aliphatic rings. The van der Waals surface area contributed by atoms with Crippen LogP contribution in [0.3, 0.4) is 0 Å². The summed E-state index contributed by atoms with van der Waals surface area (Å²) < 4.78 is 28.2.